The topological polar surface area (TPSA) is 46.4 Å². The molecule has 0 saturated carbocycles. The van der Waals surface area contributed by atoms with Crippen molar-refractivity contribution < 1.29 is 0 Å². The van der Waals surface area contributed by atoms with E-state index in [9.17, 15) is 4.79 Å². The van der Waals surface area contributed by atoms with Gasteiger partial charge in [-0.25, -0.2) is 4.98 Å². The summed E-state index contributed by atoms with van der Waals surface area (Å²) in [4.78, 5) is 16.2. The molecule has 3 heterocycles. The number of hydrogen-bond acceptors (Lipinski definition) is 3. The summed E-state index contributed by atoms with van der Waals surface area (Å²) in [5, 5.41) is 3.31. The van der Waals surface area contributed by atoms with Crippen molar-refractivity contribution >= 4 is 5.65 Å². The fourth-order valence-corrected chi connectivity index (χ4v) is 2.43. The third-order valence-corrected chi connectivity index (χ3v) is 3.41. The maximum absolute atomic E-state index is 11.9. The van der Waals surface area contributed by atoms with E-state index in [1.165, 1.54) is 22.8 Å². The molecule has 0 aromatic carbocycles. The second-order valence-corrected chi connectivity index (χ2v) is 4.21. The zero-order valence-corrected chi connectivity index (χ0v) is 9.37. The summed E-state index contributed by atoms with van der Waals surface area (Å²) >= 11 is 0. The van der Waals surface area contributed by atoms with Gasteiger partial charge in [-0.05, 0) is 25.0 Å². The molecule has 2 aromatic rings. The van der Waals surface area contributed by atoms with Crippen molar-refractivity contribution in [2.75, 3.05) is 0 Å². The van der Waals surface area contributed by atoms with Crippen LogP contribution in [0.3, 0.4) is 0 Å². The number of pyridine rings is 1. The Morgan fingerprint density at radius 1 is 1.31 bits per heavy atom. The number of aromatic nitrogens is 2. The second-order valence-electron chi connectivity index (χ2n) is 4.21. The van der Waals surface area contributed by atoms with Crippen LogP contribution in [0.15, 0.2) is 17.1 Å². The Kier molecular flexibility index (Phi) is 1.88. The fraction of sp³-hybridized carbons (Fsp3) is 0.333. The van der Waals surface area contributed by atoms with Crippen molar-refractivity contribution in [3.8, 4) is 0 Å². The highest BCUT2D eigenvalue weighted by atomic mass is 16.1. The van der Waals surface area contributed by atoms with Crippen LogP contribution in [-0.4, -0.2) is 9.38 Å². The van der Waals surface area contributed by atoms with Crippen molar-refractivity contribution in [1.82, 2.24) is 14.7 Å². The van der Waals surface area contributed by atoms with Gasteiger partial charge >= 0.3 is 0 Å². The number of rotatable bonds is 0. The van der Waals surface area contributed by atoms with Crippen molar-refractivity contribution in [3.05, 3.63) is 45.0 Å². The van der Waals surface area contributed by atoms with Crippen LogP contribution >= 0.6 is 0 Å². The lowest BCUT2D eigenvalue weighted by Gasteiger charge is -2.12. The lowest BCUT2D eigenvalue weighted by Crippen LogP contribution is -2.18. The van der Waals surface area contributed by atoms with Gasteiger partial charge in [0.05, 0.1) is 0 Å². The van der Waals surface area contributed by atoms with Crippen molar-refractivity contribution in [3.63, 3.8) is 0 Å². The van der Waals surface area contributed by atoms with E-state index < -0.39 is 0 Å². The molecule has 4 heteroatoms. The first-order valence-electron chi connectivity index (χ1n) is 5.39. The Bertz CT molecular complexity index is 643. The molecule has 0 saturated heterocycles. The van der Waals surface area contributed by atoms with E-state index in [-0.39, 0.29) is 5.56 Å². The smallest absolute Gasteiger partial charge is 0.258 e. The van der Waals surface area contributed by atoms with Gasteiger partial charge in [0.1, 0.15) is 5.65 Å². The molecule has 3 rings (SSSR count). The normalized spacial score (nSPS) is 14.4. The highest BCUT2D eigenvalue weighted by molar-refractivity contribution is 5.57. The van der Waals surface area contributed by atoms with Gasteiger partial charge in [0.25, 0.3) is 5.56 Å². The number of hydrogen-bond donors (Lipinski definition) is 1. The molecule has 0 amide bonds. The number of aryl methyl sites for hydroxylation is 1. The molecule has 0 fully saturated rings. The summed E-state index contributed by atoms with van der Waals surface area (Å²) in [6, 6.07) is 1.51. The quantitative estimate of drug-likeness (QED) is 0.710. The van der Waals surface area contributed by atoms with Crippen LogP contribution in [0, 0.1) is 13.8 Å². The van der Waals surface area contributed by atoms with Gasteiger partial charge in [-0.3, -0.25) is 9.20 Å². The first-order chi connectivity index (χ1) is 7.70. The molecule has 16 heavy (non-hydrogen) atoms. The number of fused-ring (bicyclic) bond motifs is 3. The summed E-state index contributed by atoms with van der Waals surface area (Å²) in [6.45, 7) is 5.73. The average Bonchev–Trinajstić information content (AvgIpc) is 2.74. The minimum Gasteiger partial charge on any atom is -0.308 e. The van der Waals surface area contributed by atoms with Crippen LogP contribution < -0.4 is 10.9 Å². The zero-order valence-electron chi connectivity index (χ0n) is 9.37. The Balaban J connectivity index is 2.60. The molecule has 82 valence electrons. The largest absolute Gasteiger partial charge is 0.308 e. The predicted octanol–water partition coefficient (Wildman–Crippen LogP) is 0.915. The molecule has 1 aliphatic heterocycles. The molecule has 0 radical (unpaired) electrons. The van der Waals surface area contributed by atoms with Crippen molar-refractivity contribution in [2.45, 2.75) is 26.9 Å². The molecule has 0 spiro atoms. The maximum Gasteiger partial charge on any atom is 0.258 e. The second kappa shape index (κ2) is 3.15. The van der Waals surface area contributed by atoms with Gasteiger partial charge in [-0.1, -0.05) is 0 Å². The van der Waals surface area contributed by atoms with Crippen LogP contribution in [0.4, 0.5) is 0 Å². The lowest BCUT2D eigenvalue weighted by molar-refractivity contribution is 0.764. The average molecular weight is 215 g/mol. The summed E-state index contributed by atoms with van der Waals surface area (Å²) in [5.41, 5.74) is 5.46. The van der Waals surface area contributed by atoms with E-state index in [1.807, 2.05) is 6.92 Å². The highest BCUT2D eigenvalue weighted by Gasteiger charge is 2.19. The van der Waals surface area contributed by atoms with Crippen molar-refractivity contribution in [1.29, 1.82) is 0 Å². The molecule has 0 unspecified atom stereocenters. The predicted molar refractivity (Wildman–Crippen MR) is 61.5 cm³/mol. The van der Waals surface area contributed by atoms with Crippen LogP contribution in [0.2, 0.25) is 0 Å². The van der Waals surface area contributed by atoms with E-state index >= 15 is 0 Å². The van der Waals surface area contributed by atoms with Crippen LogP contribution in [0.5, 0.6) is 0 Å². The molecule has 1 N–H and O–H groups in total. The van der Waals surface area contributed by atoms with E-state index in [0.29, 0.717) is 0 Å². The van der Waals surface area contributed by atoms with E-state index in [2.05, 4.69) is 17.2 Å². The lowest BCUT2D eigenvalue weighted by atomic mass is 10.0. The first-order valence-corrected chi connectivity index (χ1v) is 5.39. The molecule has 1 aliphatic rings. The molecule has 0 bridgehead atoms. The van der Waals surface area contributed by atoms with E-state index in [4.69, 9.17) is 0 Å². The Labute approximate surface area is 92.9 Å². The molecular weight excluding hydrogens is 202 g/mol. The van der Waals surface area contributed by atoms with Crippen molar-refractivity contribution in [2.24, 2.45) is 0 Å². The Morgan fingerprint density at radius 2 is 2.06 bits per heavy atom. The van der Waals surface area contributed by atoms with Gasteiger partial charge < -0.3 is 5.32 Å². The summed E-state index contributed by atoms with van der Waals surface area (Å²) < 4.78 is 1.71. The van der Waals surface area contributed by atoms with E-state index in [0.717, 1.165) is 24.4 Å². The highest BCUT2D eigenvalue weighted by Crippen LogP contribution is 2.24. The monoisotopic (exact) mass is 215 g/mol. The van der Waals surface area contributed by atoms with Crippen LogP contribution in [0.25, 0.3) is 5.65 Å². The Morgan fingerprint density at radius 3 is 2.88 bits per heavy atom. The van der Waals surface area contributed by atoms with Gasteiger partial charge in [0, 0.05) is 36.6 Å². The molecule has 0 aliphatic carbocycles. The van der Waals surface area contributed by atoms with Crippen LogP contribution in [0.1, 0.15) is 22.4 Å². The maximum atomic E-state index is 11.9. The summed E-state index contributed by atoms with van der Waals surface area (Å²) in [7, 11) is 0. The zero-order chi connectivity index (χ0) is 11.3. The number of nitrogens with one attached hydrogen (secondary N) is 1. The SMILES string of the molecule is Cc1c2c(c3nccc(=O)n3c1C)CNC2. The van der Waals surface area contributed by atoms with E-state index in [1.54, 1.807) is 10.6 Å². The van der Waals surface area contributed by atoms with Crippen LogP contribution in [-0.2, 0) is 13.1 Å². The van der Waals surface area contributed by atoms with Gasteiger partial charge in [0.15, 0.2) is 0 Å². The summed E-state index contributed by atoms with van der Waals surface area (Å²) in [5.74, 6) is 0. The number of nitrogens with zero attached hydrogens (tertiary/aromatic N) is 2. The Hall–Kier alpha value is -1.68. The third-order valence-electron chi connectivity index (χ3n) is 3.41. The third kappa shape index (κ3) is 1.08. The van der Waals surface area contributed by atoms with Gasteiger partial charge in [0.2, 0.25) is 0 Å². The van der Waals surface area contributed by atoms with Gasteiger partial charge in [-0.2, -0.15) is 0 Å². The minimum atomic E-state index is 0.000278. The minimum absolute atomic E-state index is 0.000278. The molecule has 4 nitrogen and oxygen atoms in total. The summed E-state index contributed by atoms with van der Waals surface area (Å²) in [6.07, 6.45) is 1.59. The molecule has 2 aromatic heterocycles. The fourth-order valence-electron chi connectivity index (χ4n) is 2.43. The molecule has 0 atom stereocenters. The molecular formula is C12H13N3O. The first kappa shape index (κ1) is 9.54. The van der Waals surface area contributed by atoms with Gasteiger partial charge in [-0.15, -0.1) is 0 Å². The standard InChI is InChI=1S/C12H13N3O/c1-7-8(2)15-11(16)3-4-14-12(15)10-6-13-5-9(7)10/h3-4,13H,5-6H2,1-2H3.